The molecule has 0 bridgehead atoms. The molecule has 0 radical (unpaired) electrons. The normalized spacial score (nSPS) is 17.0. The van der Waals surface area contributed by atoms with Crippen molar-refractivity contribution in [1.29, 1.82) is 10.5 Å². The first-order valence-corrected chi connectivity index (χ1v) is 8.62. The molecule has 0 N–H and O–H groups in total. The minimum absolute atomic E-state index is 0.376. The molecule has 25 heavy (non-hydrogen) atoms. The Bertz CT molecular complexity index is 798. The number of aryl methyl sites for hydroxylation is 1. The molecule has 0 saturated carbocycles. The van der Waals surface area contributed by atoms with Gasteiger partial charge in [0.15, 0.2) is 0 Å². The van der Waals surface area contributed by atoms with Gasteiger partial charge >= 0.3 is 0 Å². The highest BCUT2D eigenvalue weighted by atomic mass is 15.3. The van der Waals surface area contributed by atoms with Crippen LogP contribution in [0.5, 0.6) is 0 Å². The van der Waals surface area contributed by atoms with Crippen molar-refractivity contribution in [3.8, 4) is 12.1 Å². The van der Waals surface area contributed by atoms with Crippen LogP contribution in [0.2, 0.25) is 0 Å². The van der Waals surface area contributed by atoms with Gasteiger partial charge in [0.05, 0.1) is 24.2 Å². The minimum atomic E-state index is 0.376. The number of likely N-dealkylation sites (tertiary alicyclic amines) is 1. The fourth-order valence-corrected chi connectivity index (χ4v) is 3.44. The van der Waals surface area contributed by atoms with E-state index in [0.717, 1.165) is 31.7 Å². The second-order valence-corrected chi connectivity index (χ2v) is 6.55. The number of hydrogen-bond acceptors (Lipinski definition) is 4. The molecule has 0 spiro atoms. The molecule has 4 nitrogen and oxygen atoms in total. The molecule has 0 amide bonds. The van der Waals surface area contributed by atoms with Gasteiger partial charge in [0, 0.05) is 31.4 Å². The van der Waals surface area contributed by atoms with Gasteiger partial charge < -0.3 is 4.90 Å². The second kappa shape index (κ2) is 7.83. The molecule has 2 aromatic rings. The molecule has 1 fully saturated rings. The van der Waals surface area contributed by atoms with Crippen LogP contribution < -0.4 is 4.90 Å². The lowest BCUT2D eigenvalue weighted by Crippen LogP contribution is -2.37. The Morgan fingerprint density at radius 3 is 2.56 bits per heavy atom. The molecule has 0 aromatic heterocycles. The van der Waals surface area contributed by atoms with Gasteiger partial charge in [0.2, 0.25) is 0 Å². The molecule has 1 aliphatic heterocycles. The van der Waals surface area contributed by atoms with Crippen LogP contribution in [-0.4, -0.2) is 30.6 Å². The van der Waals surface area contributed by atoms with Crippen LogP contribution in [0.15, 0.2) is 48.5 Å². The predicted octanol–water partition coefficient (Wildman–Crippen LogP) is 3.47. The predicted molar refractivity (Wildman–Crippen MR) is 99.0 cm³/mol. The van der Waals surface area contributed by atoms with Crippen molar-refractivity contribution in [2.75, 3.05) is 24.5 Å². The fourth-order valence-electron chi connectivity index (χ4n) is 3.44. The Hall–Kier alpha value is -2.82. The molecular weight excluding hydrogens is 308 g/mol. The van der Waals surface area contributed by atoms with Crippen molar-refractivity contribution in [3.63, 3.8) is 0 Å². The van der Waals surface area contributed by atoms with Crippen LogP contribution in [0.4, 0.5) is 5.69 Å². The monoisotopic (exact) mass is 330 g/mol. The van der Waals surface area contributed by atoms with E-state index in [1.54, 1.807) is 0 Å². The van der Waals surface area contributed by atoms with Crippen molar-refractivity contribution >= 4 is 5.69 Å². The van der Waals surface area contributed by atoms with E-state index in [2.05, 4.69) is 53.1 Å². The summed E-state index contributed by atoms with van der Waals surface area (Å²) in [6.07, 6.45) is 1.05. The van der Waals surface area contributed by atoms with Gasteiger partial charge in [-0.1, -0.05) is 24.3 Å². The van der Waals surface area contributed by atoms with Gasteiger partial charge in [-0.3, -0.25) is 4.90 Å². The largest absolute Gasteiger partial charge is 0.363 e. The summed E-state index contributed by atoms with van der Waals surface area (Å²) < 4.78 is 0. The van der Waals surface area contributed by atoms with Crippen molar-refractivity contribution in [3.05, 3.63) is 65.2 Å². The van der Waals surface area contributed by atoms with Crippen LogP contribution in [-0.2, 0) is 6.54 Å². The molecule has 1 unspecified atom stereocenters. The summed E-state index contributed by atoms with van der Waals surface area (Å²) in [5.74, 6) is 0. The van der Waals surface area contributed by atoms with Crippen LogP contribution in [0.3, 0.4) is 0 Å². The zero-order valence-corrected chi connectivity index (χ0v) is 14.5. The van der Waals surface area contributed by atoms with Gasteiger partial charge in [0.25, 0.3) is 0 Å². The summed E-state index contributed by atoms with van der Waals surface area (Å²) in [5.41, 5.74) is 4.40. The molecule has 0 aliphatic carbocycles. The van der Waals surface area contributed by atoms with Gasteiger partial charge in [-0.2, -0.15) is 10.5 Å². The summed E-state index contributed by atoms with van der Waals surface area (Å²) in [6, 6.07) is 21.1. The van der Waals surface area contributed by atoms with Crippen LogP contribution in [0, 0.1) is 29.6 Å². The number of rotatable bonds is 5. The van der Waals surface area contributed by atoms with Crippen molar-refractivity contribution in [1.82, 2.24) is 4.90 Å². The van der Waals surface area contributed by atoms with E-state index in [1.807, 2.05) is 24.3 Å². The Kier molecular flexibility index (Phi) is 5.33. The first kappa shape index (κ1) is 17.0. The quantitative estimate of drug-likeness (QED) is 0.788. The Morgan fingerprint density at radius 1 is 1.12 bits per heavy atom. The van der Waals surface area contributed by atoms with E-state index in [-0.39, 0.29) is 0 Å². The fraction of sp³-hybridized carbons (Fsp3) is 0.333. The van der Waals surface area contributed by atoms with Crippen molar-refractivity contribution in [2.24, 2.45) is 0 Å². The van der Waals surface area contributed by atoms with Crippen LogP contribution in [0.25, 0.3) is 0 Å². The maximum atomic E-state index is 9.04. The third-order valence-corrected chi connectivity index (χ3v) is 4.91. The number of nitrogens with zero attached hydrogens (tertiary/aromatic N) is 4. The van der Waals surface area contributed by atoms with E-state index in [9.17, 15) is 0 Å². The molecule has 4 heteroatoms. The topological polar surface area (TPSA) is 54.1 Å². The minimum Gasteiger partial charge on any atom is -0.363 e. The highest BCUT2D eigenvalue weighted by Crippen LogP contribution is 2.26. The molecule has 126 valence electrons. The van der Waals surface area contributed by atoms with Gasteiger partial charge in [-0.15, -0.1) is 0 Å². The summed E-state index contributed by atoms with van der Waals surface area (Å²) in [5, 5.41) is 18.0. The molecule has 1 heterocycles. The van der Waals surface area contributed by atoms with Crippen LogP contribution in [0.1, 0.15) is 23.1 Å². The number of nitriles is 2. The molecule has 1 aliphatic rings. The molecule has 2 aromatic carbocycles. The van der Waals surface area contributed by atoms with Gasteiger partial charge in [-0.05, 0) is 48.7 Å². The van der Waals surface area contributed by atoms with E-state index < -0.39 is 0 Å². The van der Waals surface area contributed by atoms with Gasteiger partial charge in [-0.25, -0.2) is 0 Å². The van der Waals surface area contributed by atoms with E-state index in [0.29, 0.717) is 18.2 Å². The number of anilines is 1. The average molecular weight is 330 g/mol. The first-order chi connectivity index (χ1) is 12.2. The zero-order chi connectivity index (χ0) is 17.6. The molecule has 1 saturated heterocycles. The number of benzene rings is 2. The third-order valence-electron chi connectivity index (χ3n) is 4.91. The Balaban J connectivity index is 1.87. The van der Waals surface area contributed by atoms with E-state index >= 15 is 0 Å². The molecule has 3 rings (SSSR count). The lowest BCUT2D eigenvalue weighted by molar-refractivity contribution is 0.373. The third kappa shape index (κ3) is 3.99. The lowest BCUT2D eigenvalue weighted by atomic mass is 10.1. The van der Waals surface area contributed by atoms with Crippen LogP contribution >= 0.6 is 0 Å². The summed E-state index contributed by atoms with van der Waals surface area (Å²) >= 11 is 0. The Morgan fingerprint density at radius 2 is 1.88 bits per heavy atom. The summed E-state index contributed by atoms with van der Waals surface area (Å²) in [4.78, 5) is 4.63. The van der Waals surface area contributed by atoms with Gasteiger partial charge in [0.1, 0.15) is 0 Å². The molecular formula is C21H22N4. The lowest BCUT2D eigenvalue weighted by Gasteiger charge is -2.32. The second-order valence-electron chi connectivity index (χ2n) is 6.55. The highest BCUT2D eigenvalue weighted by molar-refractivity contribution is 5.51. The maximum Gasteiger partial charge on any atom is 0.0991 e. The van der Waals surface area contributed by atoms with E-state index in [4.69, 9.17) is 10.5 Å². The van der Waals surface area contributed by atoms with Crippen molar-refractivity contribution < 1.29 is 0 Å². The van der Waals surface area contributed by atoms with Crippen molar-refractivity contribution in [2.45, 2.75) is 25.9 Å². The standard InChI is InChI=1S/C21H22N4/c1-17-4-2-3-5-19(17)15-25(20-8-6-18(14-23)7-9-20)21-10-12-24(16-21)13-11-22/h2-9,21H,10,12-13,15-16H2,1H3. The molecule has 1 atom stereocenters. The maximum absolute atomic E-state index is 9.04. The zero-order valence-electron chi connectivity index (χ0n) is 14.5. The SMILES string of the molecule is Cc1ccccc1CN(c1ccc(C#N)cc1)C1CCN(CC#N)C1. The average Bonchev–Trinajstić information content (AvgIpc) is 3.10. The van der Waals surface area contributed by atoms with E-state index in [1.165, 1.54) is 11.1 Å². The summed E-state index contributed by atoms with van der Waals surface area (Å²) in [6.45, 7) is 5.33. The highest BCUT2D eigenvalue weighted by Gasteiger charge is 2.28. The Labute approximate surface area is 149 Å². The number of hydrogen-bond donors (Lipinski definition) is 0. The summed E-state index contributed by atoms with van der Waals surface area (Å²) in [7, 11) is 0. The first-order valence-electron chi connectivity index (χ1n) is 8.62. The smallest absolute Gasteiger partial charge is 0.0991 e.